The molecule has 2 saturated heterocycles. The number of carbonyl (C=O) groups is 2. The number of hydrogen-bond acceptors (Lipinski definition) is 4. The molecule has 0 bridgehead atoms. The number of piperazine rings is 1. The molecule has 1 N–H and O–H groups in total. The van der Waals surface area contributed by atoms with Gasteiger partial charge < -0.3 is 19.8 Å². The fourth-order valence-corrected chi connectivity index (χ4v) is 2.93. The minimum Gasteiger partial charge on any atom is -0.465 e. The van der Waals surface area contributed by atoms with Crippen LogP contribution in [0.25, 0.3) is 0 Å². The molecule has 2 aliphatic heterocycles. The molecule has 7 heteroatoms. The third-order valence-corrected chi connectivity index (χ3v) is 4.26. The molecular weight excluding hydrogens is 284 g/mol. The van der Waals surface area contributed by atoms with Gasteiger partial charge >= 0.3 is 6.09 Å². The zero-order chi connectivity index (χ0) is 15.5. The lowest BCUT2D eigenvalue weighted by Gasteiger charge is -2.33. The maximum atomic E-state index is 12.3. The fourth-order valence-electron chi connectivity index (χ4n) is 2.93. The third-order valence-electron chi connectivity index (χ3n) is 4.26. The molecule has 0 spiro atoms. The van der Waals surface area contributed by atoms with Crippen molar-refractivity contribution in [3.63, 3.8) is 0 Å². The predicted octanol–water partition coefficient (Wildman–Crippen LogP) is 1.12. The number of aromatic nitrogens is 1. The fraction of sp³-hybridized carbons (Fsp3) is 0.533. The van der Waals surface area contributed by atoms with Gasteiger partial charge in [-0.2, -0.15) is 0 Å². The maximum absolute atomic E-state index is 12.3. The molecular formula is C15H20N4O3. The highest BCUT2D eigenvalue weighted by Crippen LogP contribution is 2.17. The summed E-state index contributed by atoms with van der Waals surface area (Å²) in [5.74, 6) is 0.843. The Morgan fingerprint density at radius 1 is 0.955 bits per heavy atom. The summed E-state index contributed by atoms with van der Waals surface area (Å²) in [7, 11) is 0. The van der Waals surface area contributed by atoms with Crippen LogP contribution in [-0.2, 0) is 0 Å². The van der Waals surface area contributed by atoms with Crippen molar-refractivity contribution in [2.24, 2.45) is 0 Å². The lowest BCUT2D eigenvalue weighted by Crippen LogP contribution is -2.48. The molecule has 2 amide bonds. The van der Waals surface area contributed by atoms with Gasteiger partial charge in [-0.25, -0.2) is 9.78 Å². The maximum Gasteiger partial charge on any atom is 0.407 e. The van der Waals surface area contributed by atoms with E-state index in [1.807, 2.05) is 21.9 Å². The van der Waals surface area contributed by atoms with Gasteiger partial charge in [0.1, 0.15) is 5.82 Å². The predicted molar refractivity (Wildman–Crippen MR) is 81.2 cm³/mol. The second-order valence-corrected chi connectivity index (χ2v) is 5.66. The van der Waals surface area contributed by atoms with Crippen molar-refractivity contribution >= 4 is 17.8 Å². The van der Waals surface area contributed by atoms with E-state index in [-0.39, 0.29) is 5.91 Å². The quantitative estimate of drug-likeness (QED) is 0.886. The summed E-state index contributed by atoms with van der Waals surface area (Å²) in [6.07, 6.45) is 2.90. The molecule has 22 heavy (non-hydrogen) atoms. The number of hydrogen-bond donors (Lipinski definition) is 1. The first-order valence-corrected chi connectivity index (χ1v) is 7.63. The average Bonchev–Trinajstić information content (AvgIpc) is 3.09. The van der Waals surface area contributed by atoms with Gasteiger partial charge in [0.15, 0.2) is 0 Å². The molecule has 0 saturated carbocycles. The van der Waals surface area contributed by atoms with Gasteiger partial charge in [0.05, 0.1) is 5.56 Å². The first-order valence-electron chi connectivity index (χ1n) is 7.63. The van der Waals surface area contributed by atoms with Crippen LogP contribution in [0, 0.1) is 0 Å². The lowest BCUT2D eigenvalue weighted by molar-refractivity contribution is 0.0792. The Hall–Kier alpha value is -2.31. The molecule has 2 aliphatic rings. The van der Waals surface area contributed by atoms with Crippen LogP contribution in [0.15, 0.2) is 18.3 Å². The topological polar surface area (TPSA) is 77.0 Å². The van der Waals surface area contributed by atoms with Crippen LogP contribution in [0.3, 0.4) is 0 Å². The summed E-state index contributed by atoms with van der Waals surface area (Å²) >= 11 is 0. The Labute approximate surface area is 129 Å². The Kier molecular flexibility index (Phi) is 4.13. The van der Waals surface area contributed by atoms with Crippen molar-refractivity contribution in [3.05, 3.63) is 23.9 Å². The molecule has 0 unspecified atom stereocenters. The van der Waals surface area contributed by atoms with Crippen LogP contribution < -0.4 is 4.90 Å². The summed E-state index contributed by atoms with van der Waals surface area (Å²) in [5.41, 5.74) is 0.620. The molecule has 2 fully saturated rings. The number of pyridine rings is 1. The number of likely N-dealkylation sites (tertiary alicyclic amines) is 1. The van der Waals surface area contributed by atoms with Crippen LogP contribution >= 0.6 is 0 Å². The zero-order valence-electron chi connectivity index (χ0n) is 12.4. The number of rotatable bonds is 2. The highest BCUT2D eigenvalue weighted by Gasteiger charge is 2.22. The van der Waals surface area contributed by atoms with Crippen molar-refractivity contribution in [1.82, 2.24) is 14.8 Å². The number of anilines is 1. The van der Waals surface area contributed by atoms with Crippen molar-refractivity contribution in [2.45, 2.75) is 12.8 Å². The van der Waals surface area contributed by atoms with Gasteiger partial charge in [-0.15, -0.1) is 0 Å². The summed E-state index contributed by atoms with van der Waals surface area (Å²) in [6.45, 7) is 3.86. The number of carbonyl (C=O) groups excluding carboxylic acids is 1. The highest BCUT2D eigenvalue weighted by atomic mass is 16.4. The van der Waals surface area contributed by atoms with Crippen LogP contribution in [0.1, 0.15) is 23.2 Å². The van der Waals surface area contributed by atoms with E-state index in [0.29, 0.717) is 31.7 Å². The van der Waals surface area contributed by atoms with Gasteiger partial charge in [-0.3, -0.25) is 4.79 Å². The van der Waals surface area contributed by atoms with Crippen molar-refractivity contribution in [1.29, 1.82) is 0 Å². The molecule has 118 valence electrons. The van der Waals surface area contributed by atoms with E-state index in [9.17, 15) is 9.59 Å². The summed E-state index contributed by atoms with van der Waals surface area (Å²) in [5, 5.41) is 8.95. The monoisotopic (exact) mass is 304 g/mol. The van der Waals surface area contributed by atoms with Crippen molar-refractivity contribution in [3.8, 4) is 0 Å². The smallest absolute Gasteiger partial charge is 0.407 e. The first-order chi connectivity index (χ1) is 10.6. The van der Waals surface area contributed by atoms with E-state index in [1.165, 1.54) is 4.90 Å². The molecule has 0 radical (unpaired) electrons. The third kappa shape index (κ3) is 2.98. The van der Waals surface area contributed by atoms with Crippen LogP contribution in [0.2, 0.25) is 0 Å². The van der Waals surface area contributed by atoms with Gasteiger partial charge in [-0.1, -0.05) is 0 Å². The molecule has 1 aromatic rings. The second kappa shape index (κ2) is 6.21. The highest BCUT2D eigenvalue weighted by molar-refractivity contribution is 5.94. The normalized spacial score (nSPS) is 18.6. The summed E-state index contributed by atoms with van der Waals surface area (Å²) in [4.78, 5) is 32.8. The number of carboxylic acid groups (broad SMARTS) is 1. The van der Waals surface area contributed by atoms with E-state index in [2.05, 4.69) is 4.98 Å². The van der Waals surface area contributed by atoms with Gasteiger partial charge in [-0.05, 0) is 25.0 Å². The summed E-state index contributed by atoms with van der Waals surface area (Å²) < 4.78 is 0. The molecule has 3 rings (SSSR count). The van der Waals surface area contributed by atoms with Crippen LogP contribution in [0.5, 0.6) is 0 Å². The molecule has 1 aromatic heterocycles. The van der Waals surface area contributed by atoms with E-state index in [1.54, 1.807) is 6.20 Å². The largest absolute Gasteiger partial charge is 0.465 e. The Bertz CT molecular complexity index is 546. The van der Waals surface area contributed by atoms with Crippen molar-refractivity contribution < 1.29 is 14.7 Å². The Morgan fingerprint density at radius 3 is 2.18 bits per heavy atom. The van der Waals surface area contributed by atoms with E-state index < -0.39 is 6.09 Å². The standard InChI is InChI=1S/C15H20N4O3/c20-14(18-5-1-2-6-18)12-3-4-13(16-11-12)17-7-9-19(10-8-17)15(21)22/h3-4,11H,1-2,5-10H2,(H,21,22). The first kappa shape index (κ1) is 14.6. The molecule has 0 aromatic carbocycles. The van der Waals surface area contributed by atoms with E-state index in [0.717, 1.165) is 31.7 Å². The Balaban J connectivity index is 1.62. The number of amides is 2. The van der Waals surface area contributed by atoms with Crippen LogP contribution in [-0.4, -0.2) is 71.2 Å². The zero-order valence-corrected chi connectivity index (χ0v) is 12.4. The SMILES string of the molecule is O=C(O)N1CCN(c2ccc(C(=O)N3CCCC3)cn2)CC1. The minimum absolute atomic E-state index is 0.0484. The van der Waals surface area contributed by atoms with E-state index in [4.69, 9.17) is 5.11 Å². The Morgan fingerprint density at radius 2 is 1.64 bits per heavy atom. The lowest BCUT2D eigenvalue weighted by atomic mass is 10.2. The van der Waals surface area contributed by atoms with Gasteiger partial charge in [0.2, 0.25) is 0 Å². The molecule has 0 atom stereocenters. The second-order valence-electron chi connectivity index (χ2n) is 5.66. The number of nitrogens with zero attached hydrogens (tertiary/aromatic N) is 4. The van der Waals surface area contributed by atoms with Crippen LogP contribution in [0.4, 0.5) is 10.6 Å². The van der Waals surface area contributed by atoms with Gasteiger partial charge in [0.25, 0.3) is 5.91 Å². The molecule has 7 nitrogen and oxygen atoms in total. The molecule has 3 heterocycles. The average molecular weight is 304 g/mol. The van der Waals surface area contributed by atoms with E-state index >= 15 is 0 Å². The minimum atomic E-state index is -0.876. The van der Waals surface area contributed by atoms with Gasteiger partial charge in [0, 0.05) is 45.5 Å². The molecule has 0 aliphatic carbocycles. The van der Waals surface area contributed by atoms with Crippen molar-refractivity contribution in [2.75, 3.05) is 44.2 Å². The summed E-state index contributed by atoms with van der Waals surface area (Å²) in [6, 6.07) is 3.66.